The molecule has 1 amide bonds. The molecule has 3 heterocycles. The van der Waals surface area contributed by atoms with E-state index in [1.807, 2.05) is 18.2 Å². The van der Waals surface area contributed by atoms with Gasteiger partial charge in [-0.05, 0) is 29.3 Å². The molecule has 1 aliphatic heterocycles. The summed E-state index contributed by atoms with van der Waals surface area (Å²) in [6, 6.07) is 9.17. The Morgan fingerprint density at radius 2 is 1.97 bits per heavy atom. The molecule has 0 radical (unpaired) electrons. The number of carbonyl (C=O) groups excluding carboxylic acids is 1. The molecule has 0 saturated carbocycles. The molecule has 1 unspecified atom stereocenters. The van der Waals surface area contributed by atoms with Crippen LogP contribution in [0.1, 0.15) is 33.0 Å². The van der Waals surface area contributed by atoms with Crippen LogP contribution in [0.3, 0.4) is 0 Å². The second-order valence-corrected chi connectivity index (χ2v) is 8.90. The number of carbonyl (C=O) groups is 1. The van der Waals surface area contributed by atoms with Gasteiger partial charge in [-0.1, -0.05) is 28.1 Å². The van der Waals surface area contributed by atoms with Gasteiger partial charge in [0.1, 0.15) is 11.5 Å². The van der Waals surface area contributed by atoms with Gasteiger partial charge in [-0.2, -0.15) is 10.2 Å². The van der Waals surface area contributed by atoms with Crippen molar-refractivity contribution in [3.05, 3.63) is 93.3 Å². The Morgan fingerprint density at radius 1 is 1.15 bits per heavy atom. The molecule has 4 aromatic rings. The molecule has 174 valence electrons. The molecule has 0 N–H and O–H groups in total. The zero-order valence-electron chi connectivity index (χ0n) is 18.4. The Bertz CT molecular complexity index is 1400. The third-order valence-electron chi connectivity index (χ3n) is 6.04. The van der Waals surface area contributed by atoms with E-state index in [1.165, 1.54) is 23.1 Å². The number of benzene rings is 2. The molecule has 0 bridgehead atoms. The lowest BCUT2D eigenvalue weighted by Gasteiger charge is -2.35. The van der Waals surface area contributed by atoms with Gasteiger partial charge in [-0.25, -0.2) is 18.1 Å². The van der Waals surface area contributed by atoms with E-state index in [-0.39, 0.29) is 17.5 Å². The lowest BCUT2D eigenvalue weighted by molar-refractivity contribution is 0.0724. The predicted octanol–water partition coefficient (Wildman–Crippen LogP) is 4.44. The minimum atomic E-state index is -0.762. The fourth-order valence-corrected chi connectivity index (χ4v) is 4.92. The van der Waals surface area contributed by atoms with E-state index in [0.29, 0.717) is 24.5 Å². The van der Waals surface area contributed by atoms with E-state index in [4.69, 9.17) is 4.74 Å². The maximum Gasteiger partial charge on any atom is 0.257 e. The number of fused-ring (bicyclic) bond motifs is 1. The van der Waals surface area contributed by atoms with Crippen LogP contribution < -0.4 is 4.74 Å². The zero-order chi connectivity index (χ0) is 24.0. The quantitative estimate of drug-likeness (QED) is 0.393. The molecular formula is C24H20BrF2N5O2. The summed E-state index contributed by atoms with van der Waals surface area (Å²) in [5.41, 5.74) is 3.33. The summed E-state index contributed by atoms with van der Waals surface area (Å²) in [6.45, 7) is 0.797. The SMILES string of the molecule is COc1c(C2CN(C(=O)c3cnn(-c4ccc(F)cc4F)c3)Cc3c(Br)cccc32)cnn1C. The van der Waals surface area contributed by atoms with Crippen molar-refractivity contribution in [2.24, 2.45) is 7.05 Å². The highest BCUT2D eigenvalue weighted by Crippen LogP contribution is 2.40. The fourth-order valence-electron chi connectivity index (χ4n) is 4.41. The third-order valence-corrected chi connectivity index (χ3v) is 6.78. The molecule has 0 spiro atoms. The van der Waals surface area contributed by atoms with E-state index < -0.39 is 11.6 Å². The van der Waals surface area contributed by atoms with Gasteiger partial charge in [-0.15, -0.1) is 0 Å². The average Bonchev–Trinajstić information content (AvgIpc) is 3.45. The molecule has 0 saturated heterocycles. The molecule has 0 aliphatic carbocycles. The predicted molar refractivity (Wildman–Crippen MR) is 124 cm³/mol. The standard InChI is InChI=1S/C24H20BrF2N5O2/c1-30-24(34-2)17(10-28-30)18-12-31(13-19-16(18)4-3-5-20(19)25)23(33)14-9-29-32(11-14)22-7-6-15(26)8-21(22)27/h3-11,18H,12-13H2,1-2H3. The Morgan fingerprint density at radius 3 is 2.74 bits per heavy atom. The average molecular weight is 528 g/mol. The molecule has 1 aliphatic rings. The van der Waals surface area contributed by atoms with Gasteiger partial charge >= 0.3 is 0 Å². The van der Waals surface area contributed by atoms with Crippen LogP contribution in [0.2, 0.25) is 0 Å². The number of halogens is 3. The highest BCUT2D eigenvalue weighted by molar-refractivity contribution is 9.10. The number of nitrogens with zero attached hydrogens (tertiary/aromatic N) is 5. The second kappa shape index (κ2) is 8.68. The summed E-state index contributed by atoms with van der Waals surface area (Å²) in [4.78, 5) is 15.2. The first-order valence-corrected chi connectivity index (χ1v) is 11.3. The summed E-state index contributed by atoms with van der Waals surface area (Å²) in [5.74, 6) is -1.22. The van der Waals surface area contributed by atoms with Crippen molar-refractivity contribution < 1.29 is 18.3 Å². The molecule has 5 rings (SSSR count). The Balaban J connectivity index is 1.50. The molecule has 34 heavy (non-hydrogen) atoms. The van der Waals surface area contributed by atoms with Crippen molar-refractivity contribution in [1.29, 1.82) is 0 Å². The number of hydrogen-bond acceptors (Lipinski definition) is 4. The van der Waals surface area contributed by atoms with E-state index in [1.54, 1.807) is 29.9 Å². The summed E-state index contributed by atoms with van der Waals surface area (Å²) in [5, 5.41) is 8.47. The number of rotatable bonds is 4. The molecular weight excluding hydrogens is 508 g/mol. The van der Waals surface area contributed by atoms with E-state index in [2.05, 4.69) is 26.1 Å². The van der Waals surface area contributed by atoms with Gasteiger partial charge in [-0.3, -0.25) is 4.79 Å². The number of ether oxygens (including phenoxy) is 1. The van der Waals surface area contributed by atoms with Gasteiger partial charge in [0.05, 0.1) is 25.1 Å². The van der Waals surface area contributed by atoms with Crippen LogP contribution in [0.25, 0.3) is 5.69 Å². The van der Waals surface area contributed by atoms with Crippen LogP contribution in [-0.2, 0) is 13.6 Å². The third kappa shape index (κ3) is 3.77. The van der Waals surface area contributed by atoms with E-state index >= 15 is 0 Å². The first-order chi connectivity index (χ1) is 16.4. The maximum absolute atomic E-state index is 14.2. The highest BCUT2D eigenvalue weighted by atomic mass is 79.9. The van der Waals surface area contributed by atoms with Crippen molar-refractivity contribution in [2.45, 2.75) is 12.5 Å². The van der Waals surface area contributed by atoms with E-state index in [9.17, 15) is 13.6 Å². The monoisotopic (exact) mass is 527 g/mol. The van der Waals surface area contributed by atoms with Crippen molar-refractivity contribution in [3.63, 3.8) is 0 Å². The largest absolute Gasteiger partial charge is 0.481 e. The minimum Gasteiger partial charge on any atom is -0.481 e. The minimum absolute atomic E-state index is 0.0603. The zero-order valence-corrected chi connectivity index (χ0v) is 20.0. The second-order valence-electron chi connectivity index (χ2n) is 8.05. The number of hydrogen-bond donors (Lipinski definition) is 0. The van der Waals surface area contributed by atoms with Crippen LogP contribution in [0.4, 0.5) is 8.78 Å². The number of amides is 1. The fraction of sp³-hybridized carbons (Fsp3) is 0.208. The Hall–Kier alpha value is -3.53. The first-order valence-electron chi connectivity index (χ1n) is 10.5. The Labute approximate surface area is 202 Å². The van der Waals surface area contributed by atoms with Crippen molar-refractivity contribution in [3.8, 4) is 11.6 Å². The van der Waals surface area contributed by atoms with Gasteiger partial charge in [0.2, 0.25) is 5.88 Å². The van der Waals surface area contributed by atoms with Gasteiger partial charge in [0, 0.05) is 48.4 Å². The maximum atomic E-state index is 14.2. The number of methoxy groups -OCH3 is 1. The van der Waals surface area contributed by atoms with Crippen LogP contribution in [-0.4, -0.2) is 44.0 Å². The van der Waals surface area contributed by atoms with Gasteiger partial charge < -0.3 is 9.64 Å². The van der Waals surface area contributed by atoms with Gasteiger partial charge in [0.25, 0.3) is 5.91 Å². The lowest BCUT2D eigenvalue weighted by Crippen LogP contribution is -2.38. The summed E-state index contributed by atoms with van der Waals surface area (Å²) >= 11 is 3.63. The van der Waals surface area contributed by atoms with Crippen LogP contribution in [0.15, 0.2) is 59.5 Å². The number of aromatic nitrogens is 4. The normalized spacial score (nSPS) is 15.3. The van der Waals surface area contributed by atoms with Crippen LogP contribution >= 0.6 is 15.9 Å². The Kier molecular flexibility index (Phi) is 5.68. The van der Waals surface area contributed by atoms with Crippen LogP contribution in [0.5, 0.6) is 5.88 Å². The van der Waals surface area contributed by atoms with Gasteiger partial charge in [0.15, 0.2) is 5.82 Å². The summed E-state index contributed by atoms with van der Waals surface area (Å²) in [6.07, 6.45) is 4.60. The lowest BCUT2D eigenvalue weighted by atomic mass is 9.85. The first kappa shape index (κ1) is 22.3. The number of aryl methyl sites for hydroxylation is 1. The topological polar surface area (TPSA) is 65.2 Å². The molecule has 1 atom stereocenters. The molecule has 2 aromatic heterocycles. The molecule has 7 nitrogen and oxygen atoms in total. The molecule has 10 heteroatoms. The van der Waals surface area contributed by atoms with Crippen LogP contribution in [0, 0.1) is 11.6 Å². The van der Waals surface area contributed by atoms with E-state index in [0.717, 1.165) is 33.3 Å². The highest BCUT2D eigenvalue weighted by Gasteiger charge is 2.34. The van der Waals surface area contributed by atoms with Crippen molar-refractivity contribution in [2.75, 3.05) is 13.7 Å². The molecule has 0 fully saturated rings. The smallest absolute Gasteiger partial charge is 0.257 e. The summed E-state index contributed by atoms with van der Waals surface area (Å²) in [7, 11) is 3.40. The molecule has 2 aromatic carbocycles. The summed E-state index contributed by atoms with van der Waals surface area (Å²) < 4.78 is 36.9. The van der Waals surface area contributed by atoms with Crippen molar-refractivity contribution >= 4 is 21.8 Å². The van der Waals surface area contributed by atoms with Crippen molar-refractivity contribution in [1.82, 2.24) is 24.5 Å².